The van der Waals surface area contributed by atoms with E-state index in [1.165, 1.54) is 24.5 Å². The second-order valence-corrected chi connectivity index (χ2v) is 7.91. The average Bonchev–Trinajstić information content (AvgIpc) is 3.01. The largest absolute Gasteiger partial charge is 0.495 e. The number of aromatic nitrogens is 1. The van der Waals surface area contributed by atoms with Crippen LogP contribution in [0.3, 0.4) is 0 Å². The Labute approximate surface area is 149 Å². The van der Waals surface area contributed by atoms with Crippen molar-refractivity contribution >= 4 is 27.0 Å². The molecule has 0 aliphatic heterocycles. The van der Waals surface area contributed by atoms with Crippen LogP contribution in [0.5, 0.6) is 5.75 Å². The normalized spacial score (nSPS) is 11.3. The van der Waals surface area contributed by atoms with Crippen molar-refractivity contribution in [2.45, 2.75) is 11.8 Å². The summed E-state index contributed by atoms with van der Waals surface area (Å²) in [6.45, 7) is 1.87. The lowest BCUT2D eigenvalue weighted by Crippen LogP contribution is -2.15. The molecular formula is C17H15FN2O3S2. The fourth-order valence-electron chi connectivity index (χ4n) is 2.34. The zero-order valence-electron chi connectivity index (χ0n) is 13.5. The molecule has 0 aliphatic carbocycles. The monoisotopic (exact) mass is 378 g/mol. The van der Waals surface area contributed by atoms with Gasteiger partial charge in [0.2, 0.25) is 0 Å². The number of rotatable bonds is 5. The smallest absolute Gasteiger partial charge is 0.265 e. The lowest BCUT2D eigenvalue weighted by molar-refractivity contribution is 0.401. The number of halogens is 1. The van der Waals surface area contributed by atoms with Crippen LogP contribution in [0.2, 0.25) is 0 Å². The Kier molecular flexibility index (Phi) is 4.73. The van der Waals surface area contributed by atoms with E-state index in [2.05, 4.69) is 9.71 Å². The number of para-hydroxylation sites is 1. The number of sulfonamides is 1. The van der Waals surface area contributed by atoms with Gasteiger partial charge in [-0.1, -0.05) is 18.2 Å². The van der Waals surface area contributed by atoms with Crippen molar-refractivity contribution in [3.05, 3.63) is 58.7 Å². The van der Waals surface area contributed by atoms with Crippen LogP contribution in [0.4, 0.5) is 10.1 Å². The zero-order chi connectivity index (χ0) is 18.0. The van der Waals surface area contributed by atoms with Crippen molar-refractivity contribution < 1.29 is 17.5 Å². The van der Waals surface area contributed by atoms with Gasteiger partial charge in [-0.15, -0.1) is 11.3 Å². The lowest BCUT2D eigenvalue weighted by atomic mass is 10.1. The molecule has 1 heterocycles. The van der Waals surface area contributed by atoms with E-state index in [1.807, 2.05) is 12.3 Å². The summed E-state index contributed by atoms with van der Waals surface area (Å²) in [6.07, 6.45) is 0. The highest BCUT2D eigenvalue weighted by Crippen LogP contribution is 2.32. The predicted molar refractivity (Wildman–Crippen MR) is 96.0 cm³/mol. The van der Waals surface area contributed by atoms with Gasteiger partial charge < -0.3 is 4.74 Å². The van der Waals surface area contributed by atoms with Gasteiger partial charge in [0.15, 0.2) is 0 Å². The maximum absolute atomic E-state index is 13.5. The topological polar surface area (TPSA) is 68.3 Å². The van der Waals surface area contributed by atoms with Gasteiger partial charge >= 0.3 is 0 Å². The van der Waals surface area contributed by atoms with Crippen molar-refractivity contribution in [1.29, 1.82) is 0 Å². The molecule has 0 aliphatic rings. The van der Waals surface area contributed by atoms with Crippen molar-refractivity contribution in [2.24, 2.45) is 0 Å². The third-order valence-electron chi connectivity index (χ3n) is 3.48. The number of aryl methyl sites for hydroxylation is 1. The number of hydrogen-bond acceptors (Lipinski definition) is 5. The van der Waals surface area contributed by atoms with Gasteiger partial charge in [-0.25, -0.2) is 17.8 Å². The van der Waals surface area contributed by atoms with E-state index in [9.17, 15) is 12.8 Å². The molecule has 0 bridgehead atoms. The third kappa shape index (κ3) is 3.64. The molecule has 3 aromatic rings. The van der Waals surface area contributed by atoms with Gasteiger partial charge in [0, 0.05) is 10.9 Å². The Morgan fingerprint density at radius 1 is 1.20 bits per heavy atom. The van der Waals surface area contributed by atoms with Crippen LogP contribution < -0.4 is 9.46 Å². The Hall–Kier alpha value is -2.45. The molecule has 1 N–H and O–H groups in total. The Bertz CT molecular complexity index is 1020. The van der Waals surface area contributed by atoms with Crippen LogP contribution >= 0.6 is 11.3 Å². The minimum absolute atomic E-state index is 0.0656. The number of nitrogens with one attached hydrogen (secondary N) is 1. The second-order valence-electron chi connectivity index (χ2n) is 5.20. The number of benzene rings is 2. The van der Waals surface area contributed by atoms with Crippen molar-refractivity contribution in [2.75, 3.05) is 11.8 Å². The van der Waals surface area contributed by atoms with E-state index in [1.54, 1.807) is 24.3 Å². The number of hydrogen-bond donors (Lipinski definition) is 1. The Morgan fingerprint density at radius 2 is 1.96 bits per heavy atom. The van der Waals surface area contributed by atoms with E-state index in [-0.39, 0.29) is 10.6 Å². The average molecular weight is 378 g/mol. The maximum atomic E-state index is 13.5. The van der Waals surface area contributed by atoms with Crippen LogP contribution in [0.1, 0.15) is 5.01 Å². The minimum atomic E-state index is -4.04. The molecule has 0 atom stereocenters. The van der Waals surface area contributed by atoms with Crippen molar-refractivity contribution in [3.63, 3.8) is 0 Å². The summed E-state index contributed by atoms with van der Waals surface area (Å²) in [5.41, 5.74) is 1.68. The number of methoxy groups -OCH3 is 1. The summed E-state index contributed by atoms with van der Waals surface area (Å²) < 4.78 is 46.6. The van der Waals surface area contributed by atoms with E-state index in [4.69, 9.17) is 4.74 Å². The molecule has 0 fully saturated rings. The summed E-state index contributed by atoms with van der Waals surface area (Å²) in [5.74, 6) is -0.597. The summed E-state index contributed by atoms with van der Waals surface area (Å²) in [4.78, 5) is 4.13. The van der Waals surface area contributed by atoms with E-state index < -0.39 is 15.8 Å². The van der Waals surface area contributed by atoms with Crippen LogP contribution in [0.25, 0.3) is 11.3 Å². The molecule has 0 spiro atoms. The lowest BCUT2D eigenvalue weighted by Gasteiger charge is -2.14. The maximum Gasteiger partial charge on any atom is 0.265 e. The van der Waals surface area contributed by atoms with Gasteiger partial charge in [-0.3, -0.25) is 4.72 Å². The minimum Gasteiger partial charge on any atom is -0.495 e. The number of ether oxygens (including phenoxy) is 1. The first kappa shape index (κ1) is 17.4. The fourth-order valence-corrected chi connectivity index (χ4v) is 4.22. The van der Waals surface area contributed by atoms with Crippen LogP contribution in [-0.2, 0) is 10.0 Å². The number of nitrogens with zero attached hydrogens (tertiary/aromatic N) is 1. The number of thiazole rings is 1. The van der Waals surface area contributed by atoms with Gasteiger partial charge in [-0.05, 0) is 31.2 Å². The number of anilines is 1. The molecule has 0 radical (unpaired) electrons. The highest BCUT2D eigenvalue weighted by atomic mass is 32.2. The molecule has 5 nitrogen and oxygen atoms in total. The molecule has 25 heavy (non-hydrogen) atoms. The fraction of sp³-hybridized carbons (Fsp3) is 0.118. The summed E-state index contributed by atoms with van der Waals surface area (Å²) >= 11 is 1.47. The SMILES string of the molecule is COc1ccc(F)cc1S(=O)(=O)Nc1ccccc1-c1csc(C)n1. The highest BCUT2D eigenvalue weighted by molar-refractivity contribution is 7.92. The molecule has 0 saturated carbocycles. The first-order chi connectivity index (χ1) is 11.9. The van der Waals surface area contributed by atoms with Gasteiger partial charge in [0.1, 0.15) is 16.5 Å². The van der Waals surface area contributed by atoms with Gasteiger partial charge in [-0.2, -0.15) is 0 Å². The van der Waals surface area contributed by atoms with Gasteiger partial charge in [0.25, 0.3) is 10.0 Å². The van der Waals surface area contributed by atoms with Crippen LogP contribution in [0.15, 0.2) is 52.7 Å². The van der Waals surface area contributed by atoms with E-state index >= 15 is 0 Å². The molecule has 2 aromatic carbocycles. The molecule has 3 rings (SSSR count). The predicted octanol–water partition coefficient (Wildman–Crippen LogP) is 4.07. The standard InChI is InChI=1S/C17H15FN2O3S2/c1-11-19-15(10-24-11)13-5-3-4-6-14(13)20-25(21,22)17-9-12(18)7-8-16(17)23-2/h3-10,20H,1-2H3. The molecule has 1 aromatic heterocycles. The Morgan fingerprint density at radius 3 is 2.64 bits per heavy atom. The summed E-state index contributed by atoms with van der Waals surface area (Å²) in [7, 11) is -2.71. The molecule has 8 heteroatoms. The summed E-state index contributed by atoms with van der Waals surface area (Å²) in [6, 6.07) is 10.3. The molecule has 0 unspecified atom stereocenters. The van der Waals surface area contributed by atoms with Crippen LogP contribution in [0, 0.1) is 12.7 Å². The molecule has 130 valence electrons. The van der Waals surface area contributed by atoms with Crippen molar-refractivity contribution in [3.8, 4) is 17.0 Å². The van der Waals surface area contributed by atoms with Crippen molar-refractivity contribution in [1.82, 2.24) is 4.98 Å². The Balaban J connectivity index is 2.04. The first-order valence-corrected chi connectivity index (χ1v) is 9.65. The van der Waals surface area contributed by atoms with Gasteiger partial charge in [0.05, 0.1) is 23.5 Å². The van der Waals surface area contributed by atoms with E-state index in [0.717, 1.165) is 17.1 Å². The highest BCUT2D eigenvalue weighted by Gasteiger charge is 2.22. The quantitative estimate of drug-likeness (QED) is 0.727. The van der Waals surface area contributed by atoms with Crippen LogP contribution in [-0.4, -0.2) is 20.5 Å². The summed E-state index contributed by atoms with van der Waals surface area (Å²) in [5, 5.41) is 2.73. The third-order valence-corrected chi connectivity index (χ3v) is 5.64. The molecular weight excluding hydrogens is 363 g/mol. The van der Waals surface area contributed by atoms with E-state index in [0.29, 0.717) is 16.9 Å². The first-order valence-electron chi connectivity index (χ1n) is 7.28. The molecule has 0 amide bonds. The second kappa shape index (κ2) is 6.81. The zero-order valence-corrected chi connectivity index (χ0v) is 15.1. The molecule has 0 saturated heterocycles.